The molecule has 4 heteroatoms. The van der Waals surface area contributed by atoms with Crippen LogP contribution >= 0.6 is 0 Å². The highest BCUT2D eigenvalue weighted by molar-refractivity contribution is 5.38. The van der Waals surface area contributed by atoms with Gasteiger partial charge in [0.25, 0.3) is 0 Å². The smallest absolute Gasteiger partial charge is 0.119 e. The Kier molecular flexibility index (Phi) is 4.95. The van der Waals surface area contributed by atoms with Crippen LogP contribution in [-0.2, 0) is 5.41 Å². The Balaban J connectivity index is 2.03. The largest absolute Gasteiger partial charge is 0.494 e. The van der Waals surface area contributed by atoms with Crippen molar-refractivity contribution in [3.63, 3.8) is 0 Å². The molecule has 4 nitrogen and oxygen atoms in total. The Morgan fingerprint density at radius 2 is 1.70 bits per heavy atom. The number of fused-ring (bicyclic) bond motifs is 2. The molecule has 1 aromatic rings. The van der Waals surface area contributed by atoms with Crippen LogP contribution in [0.15, 0.2) is 24.3 Å². The van der Waals surface area contributed by atoms with Gasteiger partial charge >= 0.3 is 0 Å². The van der Waals surface area contributed by atoms with E-state index in [4.69, 9.17) is 4.74 Å². The normalized spacial score (nSPS) is 36.7. The summed E-state index contributed by atoms with van der Waals surface area (Å²) in [5.74, 6) is 0.840. The van der Waals surface area contributed by atoms with E-state index in [1.807, 2.05) is 31.2 Å². The summed E-state index contributed by atoms with van der Waals surface area (Å²) in [5.41, 5.74) is 0.473. The van der Waals surface area contributed by atoms with Crippen molar-refractivity contribution in [1.29, 1.82) is 0 Å². The van der Waals surface area contributed by atoms with Gasteiger partial charge in [0, 0.05) is 19.1 Å². The van der Waals surface area contributed by atoms with Crippen molar-refractivity contribution in [3.05, 3.63) is 29.8 Å². The highest BCUT2D eigenvalue weighted by atomic mass is 16.5. The van der Waals surface area contributed by atoms with Crippen molar-refractivity contribution in [3.8, 4) is 5.75 Å². The van der Waals surface area contributed by atoms with Crippen LogP contribution in [0.25, 0.3) is 0 Å². The maximum Gasteiger partial charge on any atom is 0.119 e. The summed E-state index contributed by atoms with van der Waals surface area (Å²) >= 11 is 0. The Bertz CT molecular complexity index is 502. The van der Waals surface area contributed by atoms with Crippen LogP contribution in [0.3, 0.4) is 0 Å². The molecule has 128 valence electrons. The van der Waals surface area contributed by atoms with Gasteiger partial charge in [0.15, 0.2) is 0 Å². The van der Waals surface area contributed by atoms with Gasteiger partial charge in [-0.05, 0) is 43.9 Å². The minimum atomic E-state index is -0.572. The van der Waals surface area contributed by atoms with E-state index in [0.29, 0.717) is 6.61 Å². The summed E-state index contributed by atoms with van der Waals surface area (Å²) in [6, 6.07) is 8.20. The average molecular weight is 319 g/mol. The van der Waals surface area contributed by atoms with Crippen LogP contribution in [0.1, 0.15) is 45.1 Å². The third kappa shape index (κ3) is 2.67. The molecule has 0 aromatic heterocycles. The van der Waals surface area contributed by atoms with Crippen molar-refractivity contribution in [2.24, 2.45) is 0 Å². The van der Waals surface area contributed by atoms with Gasteiger partial charge in [-0.15, -0.1) is 0 Å². The van der Waals surface area contributed by atoms with Crippen LogP contribution < -0.4 is 4.74 Å². The van der Waals surface area contributed by atoms with Gasteiger partial charge in [0.2, 0.25) is 0 Å². The molecule has 0 spiro atoms. The molecule has 3 unspecified atom stereocenters. The monoisotopic (exact) mass is 319 g/mol. The summed E-state index contributed by atoms with van der Waals surface area (Å²) in [6.07, 6.45) is 2.52. The van der Waals surface area contributed by atoms with E-state index in [9.17, 15) is 10.2 Å². The molecule has 0 aliphatic carbocycles. The van der Waals surface area contributed by atoms with Gasteiger partial charge in [0.05, 0.1) is 24.2 Å². The molecule has 2 fully saturated rings. The first-order valence-corrected chi connectivity index (χ1v) is 8.98. The lowest BCUT2D eigenvalue weighted by molar-refractivity contribution is -0.134. The number of rotatable bonds is 5. The maximum atomic E-state index is 10.9. The van der Waals surface area contributed by atoms with Crippen molar-refractivity contribution in [1.82, 2.24) is 4.90 Å². The molecule has 2 aliphatic rings. The molecule has 2 bridgehead atoms. The van der Waals surface area contributed by atoms with E-state index in [1.54, 1.807) is 0 Å². The molecule has 2 N–H and O–H groups in total. The van der Waals surface area contributed by atoms with E-state index in [-0.39, 0.29) is 6.04 Å². The lowest BCUT2D eigenvalue weighted by atomic mass is 9.59. The topological polar surface area (TPSA) is 52.9 Å². The summed E-state index contributed by atoms with van der Waals surface area (Å²) in [4.78, 5) is 2.47. The zero-order valence-corrected chi connectivity index (χ0v) is 14.2. The van der Waals surface area contributed by atoms with Crippen LogP contribution in [-0.4, -0.2) is 53.1 Å². The molecule has 0 saturated carbocycles. The first-order valence-electron chi connectivity index (χ1n) is 8.98. The first kappa shape index (κ1) is 16.7. The molecule has 23 heavy (non-hydrogen) atoms. The zero-order chi connectivity index (χ0) is 16.4. The average Bonchev–Trinajstić information content (AvgIpc) is 2.55. The summed E-state index contributed by atoms with van der Waals surface area (Å²) in [5, 5.41) is 21.9. The van der Waals surface area contributed by atoms with Crippen LogP contribution in [0.2, 0.25) is 0 Å². The second kappa shape index (κ2) is 6.80. The van der Waals surface area contributed by atoms with Crippen molar-refractivity contribution < 1.29 is 14.9 Å². The zero-order valence-electron chi connectivity index (χ0n) is 14.2. The van der Waals surface area contributed by atoms with Crippen LogP contribution in [0, 0.1) is 0 Å². The fourth-order valence-electron chi connectivity index (χ4n) is 4.72. The van der Waals surface area contributed by atoms with Gasteiger partial charge < -0.3 is 14.9 Å². The predicted molar refractivity (Wildman–Crippen MR) is 90.8 cm³/mol. The number of hydrogen-bond donors (Lipinski definition) is 2. The highest BCUT2D eigenvalue weighted by Crippen LogP contribution is 2.48. The molecule has 2 saturated heterocycles. The van der Waals surface area contributed by atoms with Crippen molar-refractivity contribution >= 4 is 0 Å². The number of ether oxygens (including phenoxy) is 1. The highest BCUT2D eigenvalue weighted by Gasteiger charge is 2.57. The van der Waals surface area contributed by atoms with E-state index in [1.165, 1.54) is 0 Å². The summed E-state index contributed by atoms with van der Waals surface area (Å²) in [6.45, 7) is 6.64. The Morgan fingerprint density at radius 1 is 1.09 bits per heavy atom. The Hall–Kier alpha value is -1.10. The van der Waals surface area contributed by atoms with Crippen LogP contribution in [0.5, 0.6) is 5.75 Å². The molecular weight excluding hydrogens is 290 g/mol. The second-order valence-corrected chi connectivity index (χ2v) is 6.84. The van der Waals surface area contributed by atoms with Gasteiger partial charge in [-0.3, -0.25) is 4.90 Å². The van der Waals surface area contributed by atoms with Gasteiger partial charge in [-0.25, -0.2) is 0 Å². The third-order valence-corrected chi connectivity index (χ3v) is 5.70. The number of aliphatic hydroxyl groups is 2. The fourth-order valence-corrected chi connectivity index (χ4v) is 4.72. The second-order valence-electron chi connectivity index (χ2n) is 6.84. The van der Waals surface area contributed by atoms with Crippen molar-refractivity contribution in [2.45, 2.75) is 63.2 Å². The van der Waals surface area contributed by atoms with E-state index in [0.717, 1.165) is 50.1 Å². The molecule has 2 aliphatic heterocycles. The van der Waals surface area contributed by atoms with E-state index >= 15 is 0 Å². The SMILES string of the molecule is CCCC1N2CCC(O)C1(c1ccc(OCC)cc1)C(O)CC2. The van der Waals surface area contributed by atoms with E-state index < -0.39 is 17.6 Å². The first-order chi connectivity index (χ1) is 11.1. The molecular formula is C19H29NO3. The molecule has 2 heterocycles. The van der Waals surface area contributed by atoms with E-state index in [2.05, 4.69) is 11.8 Å². The fraction of sp³-hybridized carbons (Fsp3) is 0.684. The van der Waals surface area contributed by atoms with Crippen LogP contribution in [0.4, 0.5) is 0 Å². The molecule has 0 radical (unpaired) electrons. The van der Waals surface area contributed by atoms with Crippen molar-refractivity contribution in [2.75, 3.05) is 19.7 Å². The predicted octanol–water partition coefficient (Wildman–Crippen LogP) is 2.32. The number of benzene rings is 1. The quantitative estimate of drug-likeness (QED) is 0.874. The molecule has 1 aromatic carbocycles. The molecule has 3 atom stereocenters. The summed E-state index contributed by atoms with van der Waals surface area (Å²) in [7, 11) is 0. The third-order valence-electron chi connectivity index (χ3n) is 5.70. The lowest BCUT2D eigenvalue weighted by Crippen LogP contribution is -2.70. The minimum absolute atomic E-state index is 0.206. The number of hydrogen-bond acceptors (Lipinski definition) is 4. The van der Waals surface area contributed by atoms with Gasteiger partial charge in [-0.1, -0.05) is 25.5 Å². The Morgan fingerprint density at radius 3 is 2.22 bits per heavy atom. The van der Waals surface area contributed by atoms with Gasteiger partial charge in [0.1, 0.15) is 5.75 Å². The molecule has 0 amide bonds. The Labute approximate surface area is 139 Å². The summed E-state index contributed by atoms with van der Waals surface area (Å²) < 4.78 is 5.54. The maximum absolute atomic E-state index is 10.9. The number of piperidine rings is 2. The minimum Gasteiger partial charge on any atom is -0.494 e. The molecule has 3 rings (SSSR count). The lowest BCUT2D eigenvalue weighted by Gasteiger charge is -2.59. The number of aliphatic hydroxyl groups excluding tert-OH is 2. The number of nitrogens with zero attached hydrogens (tertiary/aromatic N) is 1. The standard InChI is InChI=1S/C19H29NO3/c1-3-5-16-19(14-6-8-15(9-7-14)23-4-2)17(21)10-12-20(16)13-11-18(19)22/h6-9,16-18,21-22H,3-5,10-13H2,1-2H3. The van der Waals surface area contributed by atoms with Gasteiger partial charge in [-0.2, -0.15) is 0 Å².